The predicted molar refractivity (Wildman–Crippen MR) is 98.6 cm³/mol. The number of ether oxygens (including phenoxy) is 1. The van der Waals surface area contributed by atoms with Crippen LogP contribution < -0.4 is 10.2 Å². The van der Waals surface area contributed by atoms with E-state index in [1.54, 1.807) is 15.7 Å². The highest BCUT2D eigenvalue weighted by Gasteiger charge is 2.33. The van der Waals surface area contributed by atoms with Crippen LogP contribution in [0.2, 0.25) is 0 Å². The van der Waals surface area contributed by atoms with Crippen molar-refractivity contribution in [3.05, 3.63) is 58.4 Å². The largest absolute Gasteiger partial charge is 0.478 e. The van der Waals surface area contributed by atoms with Gasteiger partial charge in [0.1, 0.15) is 0 Å². The molecule has 0 radical (unpaired) electrons. The van der Waals surface area contributed by atoms with Gasteiger partial charge in [0.2, 0.25) is 5.43 Å². The Bertz CT molecular complexity index is 1050. The van der Waals surface area contributed by atoms with Crippen LogP contribution in [-0.4, -0.2) is 43.1 Å². The van der Waals surface area contributed by atoms with Crippen molar-refractivity contribution in [2.75, 3.05) is 13.2 Å². The van der Waals surface area contributed by atoms with E-state index in [2.05, 4.69) is 10.2 Å². The number of aryl methyl sites for hydroxylation is 2. The maximum Gasteiger partial charge on any atom is 0.261 e. The van der Waals surface area contributed by atoms with E-state index in [1.165, 1.54) is 6.07 Å². The normalized spacial score (nSPS) is 16.8. The van der Waals surface area contributed by atoms with Crippen LogP contribution in [0.25, 0.3) is 5.65 Å². The van der Waals surface area contributed by atoms with Crippen molar-refractivity contribution in [1.82, 2.24) is 24.1 Å². The highest BCUT2D eigenvalue weighted by atomic mass is 16.5. The van der Waals surface area contributed by atoms with Crippen LogP contribution in [0.1, 0.15) is 30.4 Å². The molecular formula is C19H21N5O3. The summed E-state index contributed by atoms with van der Waals surface area (Å²) in [6.45, 7) is 2.31. The summed E-state index contributed by atoms with van der Waals surface area (Å²) in [6.07, 6.45) is 5.23. The molecule has 0 bridgehead atoms. The van der Waals surface area contributed by atoms with Crippen LogP contribution >= 0.6 is 0 Å². The second-order valence-corrected chi connectivity index (χ2v) is 6.78. The molecule has 1 atom stereocenters. The molecule has 3 aromatic rings. The van der Waals surface area contributed by atoms with E-state index >= 15 is 0 Å². The second-order valence-electron chi connectivity index (χ2n) is 6.78. The predicted octanol–water partition coefficient (Wildman–Crippen LogP) is 1.48. The molecule has 27 heavy (non-hydrogen) atoms. The molecular weight excluding hydrogens is 346 g/mol. The number of carbonyl (C=O) groups is 1. The summed E-state index contributed by atoms with van der Waals surface area (Å²) in [7, 11) is 1.83. The first-order chi connectivity index (χ1) is 13.0. The Morgan fingerprint density at radius 1 is 1.33 bits per heavy atom. The lowest BCUT2D eigenvalue weighted by atomic mass is 10.2. The summed E-state index contributed by atoms with van der Waals surface area (Å²) in [6, 6.07) is 7.06. The molecule has 8 nitrogen and oxygen atoms in total. The number of rotatable bonds is 4. The number of hydrogen-bond acceptors (Lipinski definition) is 5. The fourth-order valence-electron chi connectivity index (χ4n) is 3.46. The second kappa shape index (κ2) is 6.86. The Morgan fingerprint density at radius 2 is 2.19 bits per heavy atom. The quantitative estimate of drug-likeness (QED) is 0.698. The van der Waals surface area contributed by atoms with Gasteiger partial charge in [0, 0.05) is 37.7 Å². The highest BCUT2D eigenvalue weighted by molar-refractivity contribution is 5.78. The summed E-state index contributed by atoms with van der Waals surface area (Å²) < 4.78 is 9.24. The monoisotopic (exact) mass is 367 g/mol. The van der Waals surface area contributed by atoms with Crippen LogP contribution in [0.5, 0.6) is 5.75 Å². The van der Waals surface area contributed by atoms with Gasteiger partial charge in [-0.25, -0.2) is 0 Å². The van der Waals surface area contributed by atoms with Crippen molar-refractivity contribution in [2.24, 2.45) is 7.05 Å². The van der Waals surface area contributed by atoms with Crippen molar-refractivity contribution in [2.45, 2.75) is 25.8 Å². The molecule has 0 spiro atoms. The lowest BCUT2D eigenvalue weighted by molar-refractivity contribution is -0.134. The van der Waals surface area contributed by atoms with Gasteiger partial charge in [-0.3, -0.25) is 14.0 Å². The molecule has 4 heterocycles. The fourth-order valence-corrected chi connectivity index (χ4v) is 3.46. The number of nitrogens with zero attached hydrogens (tertiary/aromatic N) is 5. The fraction of sp³-hybridized carbons (Fsp3) is 0.368. The van der Waals surface area contributed by atoms with E-state index in [0.717, 1.165) is 30.0 Å². The Kier molecular flexibility index (Phi) is 4.39. The minimum absolute atomic E-state index is 0.139. The Hall–Kier alpha value is -3.16. The van der Waals surface area contributed by atoms with Gasteiger partial charge in [-0.15, -0.1) is 10.2 Å². The third kappa shape index (κ3) is 3.18. The SMILES string of the molecule is Cc1cc(=O)c(OCC(=O)N2CCCC2c2nnc3ccccn23)cn1C. The summed E-state index contributed by atoms with van der Waals surface area (Å²) in [4.78, 5) is 26.6. The molecule has 1 unspecified atom stereocenters. The maximum absolute atomic E-state index is 12.8. The van der Waals surface area contributed by atoms with E-state index in [0.29, 0.717) is 6.54 Å². The van der Waals surface area contributed by atoms with E-state index in [9.17, 15) is 9.59 Å². The third-order valence-corrected chi connectivity index (χ3v) is 5.01. The molecule has 1 aliphatic heterocycles. The van der Waals surface area contributed by atoms with E-state index < -0.39 is 0 Å². The number of pyridine rings is 2. The van der Waals surface area contributed by atoms with Gasteiger partial charge in [-0.2, -0.15) is 0 Å². The summed E-state index contributed by atoms with van der Waals surface area (Å²) >= 11 is 0. The number of likely N-dealkylation sites (tertiary alicyclic amines) is 1. The molecule has 1 saturated heterocycles. The first-order valence-electron chi connectivity index (χ1n) is 8.94. The average Bonchev–Trinajstić information content (AvgIpc) is 3.29. The Morgan fingerprint density at radius 3 is 3.04 bits per heavy atom. The summed E-state index contributed by atoms with van der Waals surface area (Å²) in [5, 5.41) is 8.47. The van der Waals surface area contributed by atoms with Gasteiger partial charge in [-0.05, 0) is 31.9 Å². The minimum Gasteiger partial charge on any atom is -0.478 e. The van der Waals surface area contributed by atoms with Crippen molar-refractivity contribution >= 4 is 11.6 Å². The first kappa shape index (κ1) is 17.3. The minimum atomic E-state index is -0.222. The topological polar surface area (TPSA) is 81.7 Å². The Labute approximate surface area is 156 Å². The van der Waals surface area contributed by atoms with Gasteiger partial charge in [-0.1, -0.05) is 6.07 Å². The van der Waals surface area contributed by atoms with Crippen LogP contribution in [0.15, 0.2) is 41.5 Å². The van der Waals surface area contributed by atoms with Gasteiger partial charge in [0.25, 0.3) is 5.91 Å². The molecule has 0 aromatic carbocycles. The summed E-state index contributed by atoms with van der Waals surface area (Å²) in [5.74, 6) is 0.774. The molecule has 140 valence electrons. The van der Waals surface area contributed by atoms with Gasteiger partial charge < -0.3 is 14.2 Å². The maximum atomic E-state index is 12.8. The zero-order chi connectivity index (χ0) is 19.0. The number of fused-ring (bicyclic) bond motifs is 1. The van der Waals surface area contributed by atoms with E-state index in [-0.39, 0.29) is 29.7 Å². The number of amides is 1. The molecule has 8 heteroatoms. The molecule has 4 rings (SSSR count). The van der Waals surface area contributed by atoms with E-state index in [1.807, 2.05) is 42.8 Å². The van der Waals surface area contributed by atoms with Crippen molar-refractivity contribution < 1.29 is 9.53 Å². The molecule has 1 aliphatic rings. The van der Waals surface area contributed by atoms with Gasteiger partial charge in [0.15, 0.2) is 23.8 Å². The van der Waals surface area contributed by atoms with Crippen LogP contribution in [-0.2, 0) is 11.8 Å². The zero-order valence-electron chi connectivity index (χ0n) is 15.3. The lowest BCUT2D eigenvalue weighted by Crippen LogP contribution is -2.35. The van der Waals surface area contributed by atoms with Crippen molar-refractivity contribution in [3.63, 3.8) is 0 Å². The van der Waals surface area contributed by atoms with Crippen LogP contribution in [0.3, 0.4) is 0 Å². The van der Waals surface area contributed by atoms with E-state index in [4.69, 9.17) is 4.74 Å². The number of aromatic nitrogens is 4. The average molecular weight is 367 g/mol. The molecule has 3 aromatic heterocycles. The molecule has 0 N–H and O–H groups in total. The van der Waals surface area contributed by atoms with Crippen LogP contribution in [0, 0.1) is 6.92 Å². The van der Waals surface area contributed by atoms with Gasteiger partial charge in [0.05, 0.1) is 6.04 Å². The van der Waals surface area contributed by atoms with Crippen LogP contribution in [0.4, 0.5) is 0 Å². The number of hydrogen-bond donors (Lipinski definition) is 0. The Balaban J connectivity index is 1.51. The summed E-state index contributed by atoms with van der Waals surface area (Å²) in [5.41, 5.74) is 1.36. The van der Waals surface area contributed by atoms with Crippen molar-refractivity contribution in [1.29, 1.82) is 0 Å². The first-order valence-corrected chi connectivity index (χ1v) is 8.94. The molecule has 0 aliphatic carbocycles. The molecule has 1 fully saturated rings. The van der Waals surface area contributed by atoms with Gasteiger partial charge >= 0.3 is 0 Å². The number of carbonyl (C=O) groups excluding carboxylic acids is 1. The molecule has 1 amide bonds. The zero-order valence-corrected chi connectivity index (χ0v) is 15.3. The highest BCUT2D eigenvalue weighted by Crippen LogP contribution is 2.31. The standard InChI is InChI=1S/C19H21N5O3/c1-13-10-15(25)16(11-22(13)2)27-12-18(26)23-9-5-6-14(23)19-21-20-17-7-3-4-8-24(17)19/h3-4,7-8,10-11,14H,5-6,9,12H2,1-2H3. The third-order valence-electron chi connectivity index (χ3n) is 5.01. The van der Waals surface area contributed by atoms with Crippen molar-refractivity contribution in [3.8, 4) is 5.75 Å². The lowest BCUT2D eigenvalue weighted by Gasteiger charge is -2.23. The smallest absolute Gasteiger partial charge is 0.261 e. The molecule has 0 saturated carbocycles.